The molecule has 2 heterocycles. The third-order valence-corrected chi connectivity index (χ3v) is 3.96. The number of hydrogen-bond donors (Lipinski definition) is 2. The highest BCUT2D eigenvalue weighted by molar-refractivity contribution is 5.85. The lowest BCUT2D eigenvalue weighted by atomic mass is 9.87. The first kappa shape index (κ1) is 12.4. The molecule has 2 aromatic rings. The van der Waals surface area contributed by atoms with Crippen LogP contribution in [0.15, 0.2) is 18.6 Å². The van der Waals surface area contributed by atoms with E-state index in [1.54, 1.807) is 0 Å². The van der Waals surface area contributed by atoms with Gasteiger partial charge in [-0.25, -0.2) is 9.97 Å². The van der Waals surface area contributed by atoms with Gasteiger partial charge in [0.1, 0.15) is 5.52 Å². The van der Waals surface area contributed by atoms with Crippen molar-refractivity contribution in [2.75, 3.05) is 11.9 Å². The van der Waals surface area contributed by atoms with Gasteiger partial charge >= 0.3 is 0 Å². The third kappa shape index (κ3) is 2.56. The van der Waals surface area contributed by atoms with Crippen molar-refractivity contribution in [1.29, 1.82) is 0 Å². The lowest BCUT2D eigenvalue weighted by molar-refractivity contribution is 0.104. The van der Waals surface area contributed by atoms with Gasteiger partial charge in [0.15, 0.2) is 5.82 Å². The van der Waals surface area contributed by atoms with E-state index in [2.05, 4.69) is 15.3 Å². The summed E-state index contributed by atoms with van der Waals surface area (Å²) >= 11 is 0. The molecule has 1 saturated carbocycles. The molecule has 102 valence electrons. The van der Waals surface area contributed by atoms with Crippen LogP contribution in [0.2, 0.25) is 0 Å². The Bertz CT molecular complexity index is 566. The molecule has 0 amide bonds. The average molecular weight is 260 g/mol. The Kier molecular flexibility index (Phi) is 3.38. The molecule has 5 nitrogen and oxygen atoms in total. The minimum Gasteiger partial charge on any atom is -0.393 e. The molecule has 0 spiro atoms. The Balaban J connectivity index is 1.71. The Morgan fingerprint density at radius 3 is 3.16 bits per heavy atom. The quantitative estimate of drug-likeness (QED) is 0.885. The number of hydrogen-bond acceptors (Lipinski definition) is 4. The van der Waals surface area contributed by atoms with Crippen molar-refractivity contribution in [2.45, 2.75) is 31.8 Å². The predicted octanol–water partition coefficient (Wildman–Crippen LogP) is 1.93. The van der Waals surface area contributed by atoms with Gasteiger partial charge in [0, 0.05) is 19.8 Å². The zero-order valence-corrected chi connectivity index (χ0v) is 11.2. The fourth-order valence-electron chi connectivity index (χ4n) is 2.88. The molecule has 0 saturated heterocycles. The van der Waals surface area contributed by atoms with E-state index in [1.165, 1.54) is 6.42 Å². The molecular formula is C14H20N4O. The molecule has 0 radical (unpaired) electrons. The summed E-state index contributed by atoms with van der Waals surface area (Å²) in [6.45, 7) is 0.861. The molecule has 5 heteroatoms. The molecule has 2 aromatic heterocycles. The maximum atomic E-state index is 9.69. The van der Waals surface area contributed by atoms with Crippen LogP contribution in [-0.2, 0) is 7.05 Å². The minimum atomic E-state index is -0.126. The zero-order chi connectivity index (χ0) is 13.2. The topological polar surface area (TPSA) is 63.0 Å². The highest BCUT2D eigenvalue weighted by atomic mass is 16.3. The Labute approximate surface area is 112 Å². The molecule has 2 atom stereocenters. The lowest BCUT2D eigenvalue weighted by Gasteiger charge is -2.26. The zero-order valence-electron chi connectivity index (χ0n) is 11.2. The van der Waals surface area contributed by atoms with E-state index in [4.69, 9.17) is 0 Å². The van der Waals surface area contributed by atoms with Crippen LogP contribution in [0.1, 0.15) is 25.7 Å². The number of aliphatic hydroxyl groups is 1. The van der Waals surface area contributed by atoms with E-state index >= 15 is 0 Å². The largest absolute Gasteiger partial charge is 0.393 e. The van der Waals surface area contributed by atoms with Crippen molar-refractivity contribution in [3.8, 4) is 0 Å². The number of pyridine rings is 1. The Hall–Kier alpha value is -1.62. The van der Waals surface area contributed by atoms with Crippen LogP contribution in [0, 0.1) is 5.92 Å². The van der Waals surface area contributed by atoms with E-state index in [-0.39, 0.29) is 6.10 Å². The van der Waals surface area contributed by atoms with Gasteiger partial charge in [-0.15, -0.1) is 0 Å². The highest BCUT2D eigenvalue weighted by Gasteiger charge is 2.20. The second-order valence-corrected chi connectivity index (χ2v) is 5.45. The SMILES string of the molecule is Cn1cnc2c(NCC3CCCC(O)C3)nccc21. The van der Waals surface area contributed by atoms with E-state index in [1.807, 2.05) is 30.2 Å². The molecule has 0 aromatic carbocycles. The first-order valence-corrected chi connectivity index (χ1v) is 6.92. The summed E-state index contributed by atoms with van der Waals surface area (Å²) in [5, 5.41) is 13.1. The normalized spacial score (nSPS) is 23.7. The number of anilines is 1. The molecule has 1 aliphatic carbocycles. The number of rotatable bonds is 3. The number of fused-ring (bicyclic) bond motifs is 1. The van der Waals surface area contributed by atoms with Crippen LogP contribution in [0.3, 0.4) is 0 Å². The van der Waals surface area contributed by atoms with Crippen molar-refractivity contribution in [2.24, 2.45) is 13.0 Å². The fraction of sp³-hybridized carbons (Fsp3) is 0.571. The number of nitrogens with zero attached hydrogens (tertiary/aromatic N) is 3. The molecule has 19 heavy (non-hydrogen) atoms. The summed E-state index contributed by atoms with van der Waals surface area (Å²) in [4.78, 5) is 8.76. The lowest BCUT2D eigenvalue weighted by Crippen LogP contribution is -2.25. The van der Waals surface area contributed by atoms with E-state index in [0.29, 0.717) is 5.92 Å². The van der Waals surface area contributed by atoms with E-state index < -0.39 is 0 Å². The molecular weight excluding hydrogens is 240 g/mol. The standard InChI is InChI=1S/C14H20N4O/c1-18-9-17-13-12(18)5-6-15-14(13)16-8-10-3-2-4-11(19)7-10/h5-6,9-11,19H,2-4,7-8H2,1H3,(H,15,16). The molecule has 2 unspecified atom stereocenters. The van der Waals surface area contributed by atoms with Crippen molar-refractivity contribution >= 4 is 16.9 Å². The smallest absolute Gasteiger partial charge is 0.154 e. The molecule has 0 aliphatic heterocycles. The second-order valence-electron chi connectivity index (χ2n) is 5.45. The number of imidazole rings is 1. The predicted molar refractivity (Wildman–Crippen MR) is 75.0 cm³/mol. The fourth-order valence-corrected chi connectivity index (χ4v) is 2.88. The summed E-state index contributed by atoms with van der Waals surface area (Å²) in [5.41, 5.74) is 2.00. The molecule has 1 fully saturated rings. The number of aromatic nitrogens is 3. The first-order chi connectivity index (χ1) is 9.24. The maximum Gasteiger partial charge on any atom is 0.154 e. The molecule has 0 bridgehead atoms. The third-order valence-electron chi connectivity index (χ3n) is 3.96. The van der Waals surface area contributed by atoms with Crippen LogP contribution in [0.5, 0.6) is 0 Å². The minimum absolute atomic E-state index is 0.126. The molecule has 2 N–H and O–H groups in total. The van der Waals surface area contributed by atoms with Crippen molar-refractivity contribution < 1.29 is 5.11 Å². The summed E-state index contributed by atoms with van der Waals surface area (Å²) < 4.78 is 1.99. The number of nitrogens with one attached hydrogen (secondary N) is 1. The summed E-state index contributed by atoms with van der Waals surface area (Å²) in [6.07, 6.45) is 7.63. The van der Waals surface area contributed by atoms with Gasteiger partial charge < -0.3 is 15.0 Å². The van der Waals surface area contributed by atoms with Crippen LogP contribution >= 0.6 is 0 Å². The van der Waals surface area contributed by atoms with Crippen molar-refractivity contribution in [3.63, 3.8) is 0 Å². The van der Waals surface area contributed by atoms with Gasteiger partial charge in [-0.3, -0.25) is 0 Å². The van der Waals surface area contributed by atoms with Gasteiger partial charge in [-0.05, 0) is 31.2 Å². The second kappa shape index (κ2) is 5.17. The highest BCUT2D eigenvalue weighted by Crippen LogP contribution is 2.25. The molecule has 1 aliphatic rings. The summed E-state index contributed by atoms with van der Waals surface area (Å²) in [5.74, 6) is 1.38. The van der Waals surface area contributed by atoms with Crippen molar-refractivity contribution in [1.82, 2.24) is 14.5 Å². The van der Waals surface area contributed by atoms with Crippen LogP contribution in [0.25, 0.3) is 11.0 Å². The van der Waals surface area contributed by atoms with Crippen LogP contribution in [0.4, 0.5) is 5.82 Å². The van der Waals surface area contributed by atoms with Gasteiger partial charge in [-0.2, -0.15) is 0 Å². The monoisotopic (exact) mass is 260 g/mol. The molecule has 3 rings (SSSR count). The average Bonchev–Trinajstić information content (AvgIpc) is 2.79. The summed E-state index contributed by atoms with van der Waals surface area (Å²) in [7, 11) is 1.98. The van der Waals surface area contributed by atoms with Gasteiger partial charge in [-0.1, -0.05) is 6.42 Å². The summed E-state index contributed by atoms with van der Waals surface area (Å²) in [6, 6.07) is 1.97. The van der Waals surface area contributed by atoms with Gasteiger partial charge in [0.2, 0.25) is 0 Å². The number of aryl methyl sites for hydroxylation is 1. The Morgan fingerprint density at radius 2 is 2.32 bits per heavy atom. The van der Waals surface area contributed by atoms with Crippen LogP contribution < -0.4 is 5.32 Å². The van der Waals surface area contributed by atoms with Crippen LogP contribution in [-0.4, -0.2) is 32.3 Å². The maximum absolute atomic E-state index is 9.69. The Morgan fingerprint density at radius 1 is 1.42 bits per heavy atom. The number of aliphatic hydroxyl groups excluding tert-OH is 1. The van der Waals surface area contributed by atoms with Crippen molar-refractivity contribution in [3.05, 3.63) is 18.6 Å². The first-order valence-electron chi connectivity index (χ1n) is 6.92. The van der Waals surface area contributed by atoms with Gasteiger partial charge in [0.05, 0.1) is 17.9 Å². The van der Waals surface area contributed by atoms with E-state index in [0.717, 1.165) is 42.7 Å². The van der Waals surface area contributed by atoms with E-state index in [9.17, 15) is 5.11 Å². The van der Waals surface area contributed by atoms with Gasteiger partial charge in [0.25, 0.3) is 0 Å².